The molecular formula is C14H32N2. The van der Waals surface area contributed by atoms with Crippen LogP contribution >= 0.6 is 0 Å². The van der Waals surface area contributed by atoms with E-state index in [9.17, 15) is 0 Å². The molecule has 0 aliphatic rings. The zero-order valence-electron chi connectivity index (χ0n) is 11.4. The van der Waals surface area contributed by atoms with Crippen molar-refractivity contribution in [3.63, 3.8) is 0 Å². The molecule has 0 spiro atoms. The van der Waals surface area contributed by atoms with Gasteiger partial charge in [0.1, 0.15) is 0 Å². The summed E-state index contributed by atoms with van der Waals surface area (Å²) in [6, 6.07) is 0. The fourth-order valence-electron chi connectivity index (χ4n) is 1.99. The van der Waals surface area contributed by atoms with Crippen molar-refractivity contribution in [2.24, 2.45) is 11.5 Å². The van der Waals surface area contributed by atoms with Gasteiger partial charge >= 0.3 is 0 Å². The van der Waals surface area contributed by atoms with Crippen LogP contribution in [0.4, 0.5) is 0 Å². The average Bonchev–Trinajstić information content (AvgIpc) is 2.19. The van der Waals surface area contributed by atoms with Crippen LogP contribution in [0.1, 0.15) is 84.5 Å². The highest BCUT2D eigenvalue weighted by molar-refractivity contribution is 4.68. The first-order valence-corrected chi connectivity index (χ1v) is 7.14. The van der Waals surface area contributed by atoms with Gasteiger partial charge in [-0.2, -0.15) is 0 Å². The lowest BCUT2D eigenvalue weighted by molar-refractivity contribution is 0.420. The summed E-state index contributed by atoms with van der Waals surface area (Å²) in [5.74, 6) is 0. The average molecular weight is 228 g/mol. The van der Waals surface area contributed by atoms with Gasteiger partial charge in [-0.3, -0.25) is 0 Å². The minimum Gasteiger partial charge on any atom is -0.314 e. The Morgan fingerprint density at radius 1 is 0.688 bits per heavy atom. The molecule has 0 aromatic heterocycles. The number of nitrogens with two attached hydrogens (primary N) is 2. The van der Waals surface area contributed by atoms with Gasteiger partial charge in [-0.15, -0.1) is 0 Å². The van der Waals surface area contributed by atoms with Crippen molar-refractivity contribution in [3.05, 3.63) is 0 Å². The minimum absolute atomic E-state index is 0.458. The predicted molar refractivity (Wildman–Crippen MR) is 73.2 cm³/mol. The highest BCUT2D eigenvalue weighted by atomic mass is 14.9. The molecule has 2 heteroatoms. The Bertz CT molecular complexity index is 138. The van der Waals surface area contributed by atoms with Crippen molar-refractivity contribution in [1.82, 2.24) is 0 Å². The lowest BCUT2D eigenvalue weighted by Gasteiger charge is -2.17. The summed E-state index contributed by atoms with van der Waals surface area (Å²) in [6.45, 7) is 4.17. The molecule has 0 heterocycles. The van der Waals surface area contributed by atoms with Crippen molar-refractivity contribution in [2.75, 3.05) is 0 Å². The number of hydrogen-bond acceptors (Lipinski definition) is 2. The smallest absolute Gasteiger partial charge is 0.0607 e. The zero-order valence-corrected chi connectivity index (χ0v) is 11.4. The van der Waals surface area contributed by atoms with Crippen molar-refractivity contribution < 1.29 is 0 Å². The molecule has 0 fully saturated rings. The van der Waals surface area contributed by atoms with Gasteiger partial charge in [-0.25, -0.2) is 0 Å². The van der Waals surface area contributed by atoms with E-state index < -0.39 is 5.66 Å². The highest BCUT2D eigenvalue weighted by Crippen LogP contribution is 2.12. The predicted octanol–water partition coefficient (Wildman–Crippen LogP) is 3.93. The van der Waals surface area contributed by atoms with Crippen LogP contribution in [0.3, 0.4) is 0 Å². The molecule has 16 heavy (non-hydrogen) atoms. The Balaban J connectivity index is 2.99. The van der Waals surface area contributed by atoms with E-state index in [1.54, 1.807) is 0 Å². The molecule has 0 radical (unpaired) electrons. The van der Waals surface area contributed by atoms with Crippen LogP contribution in [0.5, 0.6) is 0 Å². The Morgan fingerprint density at radius 2 is 1.06 bits per heavy atom. The third kappa shape index (κ3) is 13.9. The first kappa shape index (κ1) is 15.9. The Hall–Kier alpha value is -0.0800. The van der Waals surface area contributed by atoms with Crippen molar-refractivity contribution in [1.29, 1.82) is 0 Å². The van der Waals surface area contributed by atoms with Gasteiger partial charge < -0.3 is 11.5 Å². The molecule has 98 valence electrons. The van der Waals surface area contributed by atoms with Crippen LogP contribution in [0.15, 0.2) is 0 Å². The molecule has 0 unspecified atom stereocenters. The van der Waals surface area contributed by atoms with E-state index in [4.69, 9.17) is 11.5 Å². The fourth-order valence-corrected chi connectivity index (χ4v) is 1.99. The normalized spacial score (nSPS) is 12.0. The summed E-state index contributed by atoms with van der Waals surface area (Å²) >= 11 is 0. The summed E-state index contributed by atoms with van der Waals surface area (Å²) < 4.78 is 0. The molecule has 0 aliphatic heterocycles. The molecule has 0 bridgehead atoms. The van der Waals surface area contributed by atoms with Crippen LogP contribution in [0.25, 0.3) is 0 Å². The fraction of sp³-hybridized carbons (Fsp3) is 1.00. The van der Waals surface area contributed by atoms with Crippen LogP contribution in [-0.4, -0.2) is 5.66 Å². The van der Waals surface area contributed by atoms with Gasteiger partial charge in [-0.05, 0) is 13.3 Å². The molecule has 0 amide bonds. The van der Waals surface area contributed by atoms with Gasteiger partial charge in [0.15, 0.2) is 0 Å². The van der Waals surface area contributed by atoms with Crippen LogP contribution in [-0.2, 0) is 0 Å². The second-order valence-corrected chi connectivity index (χ2v) is 5.44. The van der Waals surface area contributed by atoms with E-state index in [2.05, 4.69) is 6.92 Å². The molecule has 0 saturated carbocycles. The van der Waals surface area contributed by atoms with E-state index in [-0.39, 0.29) is 0 Å². The lowest BCUT2D eigenvalue weighted by atomic mass is 10.0. The Kier molecular flexibility index (Phi) is 10.0. The zero-order chi connectivity index (χ0) is 12.3. The Labute approximate surface area is 102 Å². The molecule has 0 rings (SSSR count). The Morgan fingerprint density at radius 3 is 1.44 bits per heavy atom. The maximum absolute atomic E-state index is 5.72. The molecule has 2 nitrogen and oxygen atoms in total. The minimum atomic E-state index is -0.458. The van der Waals surface area contributed by atoms with Gasteiger partial charge in [0.05, 0.1) is 5.66 Å². The summed E-state index contributed by atoms with van der Waals surface area (Å²) in [5, 5.41) is 0. The van der Waals surface area contributed by atoms with Crippen LogP contribution in [0.2, 0.25) is 0 Å². The second-order valence-electron chi connectivity index (χ2n) is 5.44. The summed E-state index contributed by atoms with van der Waals surface area (Å²) in [6.07, 6.45) is 14.6. The summed E-state index contributed by atoms with van der Waals surface area (Å²) in [4.78, 5) is 0. The van der Waals surface area contributed by atoms with E-state index in [1.165, 1.54) is 64.2 Å². The molecule has 0 aromatic rings. The first-order chi connectivity index (χ1) is 7.56. The van der Waals surface area contributed by atoms with Crippen LogP contribution in [0, 0.1) is 0 Å². The lowest BCUT2D eigenvalue weighted by Crippen LogP contribution is -2.45. The van der Waals surface area contributed by atoms with E-state index in [0.29, 0.717) is 0 Å². The number of rotatable bonds is 11. The van der Waals surface area contributed by atoms with Gasteiger partial charge in [0.2, 0.25) is 0 Å². The number of hydrogen-bond donors (Lipinski definition) is 2. The van der Waals surface area contributed by atoms with Gasteiger partial charge in [-0.1, -0.05) is 71.1 Å². The largest absolute Gasteiger partial charge is 0.314 e. The maximum atomic E-state index is 5.72. The van der Waals surface area contributed by atoms with E-state index in [1.807, 2.05) is 6.92 Å². The third-order valence-corrected chi connectivity index (χ3v) is 3.07. The quantitative estimate of drug-likeness (QED) is 0.416. The molecule has 4 N–H and O–H groups in total. The van der Waals surface area contributed by atoms with Gasteiger partial charge in [0, 0.05) is 0 Å². The third-order valence-electron chi connectivity index (χ3n) is 3.07. The molecule has 0 aliphatic carbocycles. The van der Waals surface area contributed by atoms with E-state index in [0.717, 1.165) is 6.42 Å². The first-order valence-electron chi connectivity index (χ1n) is 7.14. The molecular weight excluding hydrogens is 196 g/mol. The standard InChI is InChI=1S/C14H32N2/c1-3-4-5-6-7-8-9-10-11-12-13-14(2,15)16/h3-13,15-16H2,1-2H3. The van der Waals surface area contributed by atoms with Gasteiger partial charge in [0.25, 0.3) is 0 Å². The summed E-state index contributed by atoms with van der Waals surface area (Å²) in [5.41, 5.74) is 11.0. The molecule has 0 aromatic carbocycles. The topological polar surface area (TPSA) is 52.0 Å². The molecule has 0 atom stereocenters. The van der Waals surface area contributed by atoms with Crippen molar-refractivity contribution in [3.8, 4) is 0 Å². The van der Waals surface area contributed by atoms with Crippen LogP contribution < -0.4 is 11.5 Å². The SMILES string of the molecule is CCCCCCCCCCCCC(C)(N)N. The second kappa shape index (κ2) is 10.1. The monoisotopic (exact) mass is 228 g/mol. The summed E-state index contributed by atoms with van der Waals surface area (Å²) in [7, 11) is 0. The molecule has 0 saturated heterocycles. The maximum Gasteiger partial charge on any atom is 0.0607 e. The van der Waals surface area contributed by atoms with E-state index >= 15 is 0 Å². The number of unbranched alkanes of at least 4 members (excludes halogenated alkanes) is 9. The van der Waals surface area contributed by atoms with Crippen molar-refractivity contribution >= 4 is 0 Å². The highest BCUT2D eigenvalue weighted by Gasteiger charge is 2.09. The van der Waals surface area contributed by atoms with Crippen molar-refractivity contribution in [2.45, 2.75) is 90.1 Å².